The van der Waals surface area contributed by atoms with Gasteiger partial charge in [-0.15, -0.1) is 0 Å². The van der Waals surface area contributed by atoms with E-state index in [0.717, 1.165) is 38.0 Å². The molecule has 0 aliphatic carbocycles. The lowest BCUT2D eigenvalue weighted by Crippen LogP contribution is -2.43. The van der Waals surface area contributed by atoms with Crippen molar-refractivity contribution in [2.24, 2.45) is 0 Å². The number of anilines is 3. The molecule has 1 atom stereocenters. The lowest BCUT2D eigenvalue weighted by Gasteiger charge is -2.40. The van der Waals surface area contributed by atoms with Crippen molar-refractivity contribution in [2.75, 3.05) is 37.5 Å². The summed E-state index contributed by atoms with van der Waals surface area (Å²) in [4.78, 5) is 30.8. The number of methoxy groups -OCH3 is 1. The first-order valence-electron chi connectivity index (χ1n) is 13.5. The van der Waals surface area contributed by atoms with Crippen molar-refractivity contribution in [1.82, 2.24) is 29.7 Å². The van der Waals surface area contributed by atoms with Gasteiger partial charge in [0.05, 0.1) is 36.3 Å². The summed E-state index contributed by atoms with van der Waals surface area (Å²) in [6.45, 7) is 7.95. The molecular formula is C28H34FN9O2. The van der Waals surface area contributed by atoms with Crippen molar-refractivity contribution in [1.29, 1.82) is 5.26 Å². The van der Waals surface area contributed by atoms with E-state index < -0.39 is 11.7 Å². The van der Waals surface area contributed by atoms with Crippen LogP contribution in [0.3, 0.4) is 0 Å². The molecule has 12 heteroatoms. The molecule has 0 unspecified atom stereocenters. The van der Waals surface area contributed by atoms with E-state index in [9.17, 15) is 10.1 Å². The third-order valence-corrected chi connectivity index (χ3v) is 7.59. The number of nitrogens with one attached hydrogen (secondary N) is 2. The third-order valence-electron chi connectivity index (χ3n) is 7.59. The Hall–Kier alpha value is -4.24. The Morgan fingerprint density at radius 2 is 2.02 bits per heavy atom. The van der Waals surface area contributed by atoms with Crippen LogP contribution < -0.4 is 20.3 Å². The van der Waals surface area contributed by atoms with Crippen LogP contribution in [-0.4, -0.2) is 69.7 Å². The van der Waals surface area contributed by atoms with Gasteiger partial charge in [-0.1, -0.05) is 6.92 Å². The molecule has 2 aromatic heterocycles. The second kappa shape index (κ2) is 11.1. The van der Waals surface area contributed by atoms with Crippen molar-refractivity contribution < 1.29 is 13.9 Å². The first-order valence-corrected chi connectivity index (χ1v) is 13.5. The maximum absolute atomic E-state index is 15.2. The number of aromatic nitrogens is 4. The van der Waals surface area contributed by atoms with Gasteiger partial charge in [0.25, 0.3) is 5.91 Å². The number of ether oxygens (including phenoxy) is 1. The molecule has 40 heavy (non-hydrogen) atoms. The van der Waals surface area contributed by atoms with Crippen molar-refractivity contribution in [3.8, 4) is 17.5 Å². The van der Waals surface area contributed by atoms with E-state index in [0.29, 0.717) is 28.6 Å². The molecule has 0 saturated carbocycles. The van der Waals surface area contributed by atoms with Crippen LogP contribution in [0.4, 0.5) is 21.8 Å². The number of amides is 1. The molecule has 1 aromatic carbocycles. The summed E-state index contributed by atoms with van der Waals surface area (Å²) in [5, 5.41) is 15.7. The summed E-state index contributed by atoms with van der Waals surface area (Å²) in [7, 11) is 3.51. The molecule has 1 fully saturated rings. The zero-order chi connectivity index (χ0) is 28.6. The molecule has 3 aromatic rings. The molecule has 1 amide bonds. The Bertz CT molecular complexity index is 1460. The van der Waals surface area contributed by atoms with Crippen LogP contribution in [0.25, 0.3) is 5.69 Å². The minimum absolute atomic E-state index is 0.00638. The number of benzene rings is 1. The minimum Gasteiger partial charge on any atom is -0.495 e. The number of carbonyl (C=O) groups is 1. The Kier molecular flexibility index (Phi) is 7.58. The summed E-state index contributed by atoms with van der Waals surface area (Å²) < 4.78 is 22.6. The smallest absolute Gasteiger partial charge is 0.254 e. The van der Waals surface area contributed by atoms with Crippen LogP contribution in [0.5, 0.6) is 5.75 Å². The van der Waals surface area contributed by atoms with Crippen LogP contribution in [0, 0.1) is 17.1 Å². The fourth-order valence-electron chi connectivity index (χ4n) is 5.55. The minimum atomic E-state index is -0.673. The predicted octanol–water partition coefficient (Wildman–Crippen LogP) is 3.93. The van der Waals surface area contributed by atoms with E-state index in [1.165, 1.54) is 19.2 Å². The average Bonchev–Trinajstić information content (AvgIpc) is 3.37. The molecule has 2 aliphatic rings. The maximum Gasteiger partial charge on any atom is 0.254 e. The van der Waals surface area contributed by atoms with Crippen LogP contribution >= 0.6 is 0 Å². The van der Waals surface area contributed by atoms with Gasteiger partial charge in [-0.05, 0) is 59.3 Å². The lowest BCUT2D eigenvalue weighted by molar-refractivity contribution is 0.0912. The topological polar surface area (TPSA) is 124 Å². The number of nitrogens with zero attached hydrogens (tertiary/aromatic N) is 7. The number of piperidine rings is 1. The highest BCUT2D eigenvalue weighted by Gasteiger charge is 2.36. The number of rotatable bonds is 7. The molecule has 0 radical (unpaired) electrons. The Morgan fingerprint density at radius 3 is 2.67 bits per heavy atom. The molecule has 2 N–H and O–H groups in total. The van der Waals surface area contributed by atoms with Gasteiger partial charge >= 0.3 is 0 Å². The van der Waals surface area contributed by atoms with Crippen LogP contribution in [0.2, 0.25) is 0 Å². The third kappa shape index (κ3) is 4.93. The SMILES string of the molecule is CC[C@@H]1c2c(C#N)ncn2-c2cnc(Nc3cc(F)c(C(=O)NC4CCN(C)CC4)cc3OC)nc2N1C(C)C. The van der Waals surface area contributed by atoms with E-state index in [-0.39, 0.29) is 29.6 Å². The van der Waals surface area contributed by atoms with E-state index in [4.69, 9.17) is 9.72 Å². The van der Waals surface area contributed by atoms with Crippen molar-refractivity contribution in [3.05, 3.63) is 47.4 Å². The highest BCUT2D eigenvalue weighted by Crippen LogP contribution is 2.42. The summed E-state index contributed by atoms with van der Waals surface area (Å²) in [6.07, 6.45) is 5.66. The van der Waals surface area contributed by atoms with Gasteiger partial charge in [0, 0.05) is 18.2 Å². The summed E-state index contributed by atoms with van der Waals surface area (Å²) in [5.74, 6) is 0.0624. The van der Waals surface area contributed by atoms with Gasteiger partial charge in [0.2, 0.25) is 5.95 Å². The van der Waals surface area contributed by atoms with Crippen LogP contribution in [-0.2, 0) is 0 Å². The molecule has 0 spiro atoms. The number of imidazole rings is 1. The van der Waals surface area contributed by atoms with Gasteiger partial charge in [0.1, 0.15) is 29.7 Å². The second-order valence-corrected chi connectivity index (χ2v) is 10.5. The number of likely N-dealkylation sites (tertiary alicyclic amines) is 1. The highest BCUT2D eigenvalue weighted by atomic mass is 19.1. The molecule has 5 rings (SSSR count). The molecular weight excluding hydrogens is 513 g/mol. The standard InChI is InChI=1S/C28H34FN9O2/c1-6-22-25-21(13-30)32-15-37(25)23-14-31-28(35-26(23)38(22)16(2)3)34-20-12-19(29)18(11-24(20)40-5)27(39)33-17-7-9-36(4)10-8-17/h11-12,14-17,22H,6-10H2,1-5H3,(H,33,39)(H,31,34,35)/t22-/m1/s1. The molecule has 0 bridgehead atoms. The van der Waals surface area contributed by atoms with Crippen molar-refractivity contribution >= 4 is 23.4 Å². The number of hydrogen-bond donors (Lipinski definition) is 2. The number of nitriles is 1. The van der Waals surface area contributed by atoms with E-state index in [1.54, 1.807) is 12.5 Å². The lowest BCUT2D eigenvalue weighted by atomic mass is 10.0. The Morgan fingerprint density at radius 1 is 1.27 bits per heavy atom. The zero-order valence-corrected chi connectivity index (χ0v) is 23.4. The fraction of sp³-hybridized carbons (Fsp3) is 0.464. The molecule has 4 heterocycles. The van der Waals surface area contributed by atoms with E-state index >= 15 is 4.39 Å². The van der Waals surface area contributed by atoms with Crippen molar-refractivity contribution in [2.45, 2.75) is 58.2 Å². The maximum atomic E-state index is 15.2. The Balaban J connectivity index is 1.45. The number of carbonyl (C=O) groups excluding carboxylic acids is 1. The van der Waals surface area contributed by atoms with E-state index in [1.807, 2.05) is 11.6 Å². The fourth-order valence-corrected chi connectivity index (χ4v) is 5.55. The molecule has 11 nitrogen and oxygen atoms in total. The van der Waals surface area contributed by atoms with E-state index in [2.05, 4.69) is 57.2 Å². The van der Waals surface area contributed by atoms with Gasteiger partial charge in [-0.25, -0.2) is 14.4 Å². The van der Waals surface area contributed by atoms with Gasteiger partial charge in [-0.2, -0.15) is 10.2 Å². The normalized spacial score (nSPS) is 17.2. The van der Waals surface area contributed by atoms with Crippen LogP contribution in [0.1, 0.15) is 67.8 Å². The first kappa shape index (κ1) is 27.3. The van der Waals surface area contributed by atoms with Crippen LogP contribution in [0.15, 0.2) is 24.7 Å². The summed E-state index contributed by atoms with van der Waals surface area (Å²) in [6, 6.07) is 4.79. The quantitative estimate of drug-likeness (QED) is 0.453. The first-order chi connectivity index (χ1) is 19.2. The number of hydrogen-bond acceptors (Lipinski definition) is 9. The average molecular weight is 548 g/mol. The molecule has 2 aliphatic heterocycles. The number of halogens is 1. The molecule has 1 saturated heterocycles. The summed E-state index contributed by atoms with van der Waals surface area (Å²) in [5.41, 5.74) is 2.11. The largest absolute Gasteiger partial charge is 0.495 e. The van der Waals surface area contributed by atoms with Gasteiger partial charge < -0.3 is 25.2 Å². The van der Waals surface area contributed by atoms with Gasteiger partial charge in [0.15, 0.2) is 11.5 Å². The Labute approximate surface area is 233 Å². The summed E-state index contributed by atoms with van der Waals surface area (Å²) >= 11 is 0. The zero-order valence-electron chi connectivity index (χ0n) is 23.4. The predicted molar refractivity (Wildman–Crippen MR) is 149 cm³/mol. The highest BCUT2D eigenvalue weighted by molar-refractivity contribution is 5.96. The van der Waals surface area contributed by atoms with Crippen molar-refractivity contribution in [3.63, 3.8) is 0 Å². The van der Waals surface area contributed by atoms with Gasteiger partial charge in [-0.3, -0.25) is 9.36 Å². The number of fused-ring (bicyclic) bond motifs is 3. The second-order valence-electron chi connectivity index (χ2n) is 10.5. The monoisotopic (exact) mass is 547 g/mol. The molecule has 210 valence electrons.